The van der Waals surface area contributed by atoms with Gasteiger partial charge in [0, 0.05) is 40.7 Å². The van der Waals surface area contributed by atoms with Crippen LogP contribution in [0.1, 0.15) is 96.7 Å². The fourth-order valence-corrected chi connectivity index (χ4v) is 8.19. The Balaban J connectivity index is 1.35. The van der Waals surface area contributed by atoms with Crippen molar-refractivity contribution in [3.63, 3.8) is 0 Å². The highest BCUT2D eigenvalue weighted by atomic mass is 16.3. The third kappa shape index (κ3) is 4.00. The lowest BCUT2D eigenvalue weighted by Crippen LogP contribution is -2.55. The van der Waals surface area contributed by atoms with Crippen molar-refractivity contribution in [1.82, 2.24) is 4.90 Å². The van der Waals surface area contributed by atoms with Crippen molar-refractivity contribution in [3.8, 4) is 0 Å². The first-order valence-electron chi connectivity index (χ1n) is 14.6. The number of nitrogens with one attached hydrogen (secondary N) is 1. The van der Waals surface area contributed by atoms with Crippen molar-refractivity contribution < 1.29 is 14.7 Å². The molecule has 0 saturated heterocycles. The molecule has 0 spiro atoms. The smallest absolute Gasteiger partial charge is 0.261 e. The molecular weight excluding hydrogens is 484 g/mol. The van der Waals surface area contributed by atoms with Gasteiger partial charge in [-0.25, -0.2) is 0 Å². The van der Waals surface area contributed by atoms with Gasteiger partial charge in [-0.05, 0) is 83.2 Å². The van der Waals surface area contributed by atoms with Gasteiger partial charge >= 0.3 is 0 Å². The molecule has 5 nitrogen and oxygen atoms in total. The number of hydrogen-bond acceptors (Lipinski definition) is 4. The molecule has 3 atom stereocenters. The molecule has 0 bridgehead atoms. The highest BCUT2D eigenvalue weighted by Gasteiger charge is 2.53. The van der Waals surface area contributed by atoms with E-state index in [0.29, 0.717) is 36.1 Å². The average Bonchev–Trinajstić information content (AvgIpc) is 2.92. The summed E-state index contributed by atoms with van der Waals surface area (Å²) >= 11 is 0. The average molecular weight is 525 g/mol. The number of fused-ring (bicyclic) bond motifs is 3. The monoisotopic (exact) mass is 524 g/mol. The molecule has 0 radical (unpaired) electrons. The number of imide groups is 1. The van der Waals surface area contributed by atoms with E-state index in [1.807, 2.05) is 30.3 Å². The van der Waals surface area contributed by atoms with Crippen LogP contribution in [-0.4, -0.2) is 41.5 Å². The van der Waals surface area contributed by atoms with Gasteiger partial charge in [0.05, 0.1) is 6.61 Å². The number of hydrogen-bond donors (Lipinski definition) is 2. The number of carbonyl (C=O) groups is 2. The van der Waals surface area contributed by atoms with E-state index in [0.717, 1.165) is 48.6 Å². The topological polar surface area (TPSA) is 69.6 Å². The van der Waals surface area contributed by atoms with Crippen LogP contribution in [0.2, 0.25) is 0 Å². The summed E-state index contributed by atoms with van der Waals surface area (Å²) in [6.45, 7) is 10.1. The number of anilines is 1. The van der Waals surface area contributed by atoms with E-state index in [4.69, 9.17) is 0 Å². The van der Waals surface area contributed by atoms with Gasteiger partial charge in [-0.2, -0.15) is 0 Å². The number of carbonyl (C=O) groups excluding carboxylic acids is 2. The Labute approximate surface area is 231 Å². The highest BCUT2D eigenvalue weighted by Crippen LogP contribution is 2.58. The number of aliphatic hydroxyl groups excluding tert-OH is 1. The standard InChI is InChI=1S/C34H40N2O3/c1-21(2)22-9-12-27-23(19-22)10-14-29-33(3,15-6-16-34(27,29)4)20-36-31(38)25-8-5-7-24-28(35-17-18-37)13-11-26(30(24)25)32(36)39/h5,7-9,11-13,19,21,29,35,37H,6,10,14-18,20H2,1-4H3/t29?,33-,34-/m1/s1. The second-order valence-electron chi connectivity index (χ2n) is 12.8. The fourth-order valence-electron chi connectivity index (χ4n) is 8.19. The number of amides is 2. The maximum atomic E-state index is 13.9. The van der Waals surface area contributed by atoms with Crippen LogP contribution in [0.4, 0.5) is 5.69 Å². The molecule has 0 aromatic heterocycles. The summed E-state index contributed by atoms with van der Waals surface area (Å²) in [5.41, 5.74) is 6.27. The van der Waals surface area contributed by atoms with Crippen LogP contribution in [0.25, 0.3) is 10.8 Å². The van der Waals surface area contributed by atoms with E-state index in [1.54, 1.807) is 4.90 Å². The van der Waals surface area contributed by atoms with Gasteiger partial charge in [-0.3, -0.25) is 14.5 Å². The van der Waals surface area contributed by atoms with Crippen LogP contribution < -0.4 is 5.32 Å². The Morgan fingerprint density at radius 1 is 1.03 bits per heavy atom. The molecule has 2 N–H and O–H groups in total. The van der Waals surface area contributed by atoms with Crippen molar-refractivity contribution in [2.24, 2.45) is 11.3 Å². The van der Waals surface area contributed by atoms with Crippen molar-refractivity contribution in [2.75, 3.05) is 25.0 Å². The van der Waals surface area contributed by atoms with Crippen LogP contribution in [0.15, 0.2) is 48.5 Å². The predicted molar refractivity (Wildman–Crippen MR) is 157 cm³/mol. The van der Waals surface area contributed by atoms with Crippen molar-refractivity contribution in [1.29, 1.82) is 0 Å². The highest BCUT2D eigenvalue weighted by molar-refractivity contribution is 6.26. The first kappa shape index (κ1) is 26.1. The second-order valence-corrected chi connectivity index (χ2v) is 12.8. The van der Waals surface area contributed by atoms with Crippen LogP contribution >= 0.6 is 0 Å². The van der Waals surface area contributed by atoms with Crippen LogP contribution in [0.3, 0.4) is 0 Å². The Morgan fingerprint density at radius 3 is 2.54 bits per heavy atom. The largest absolute Gasteiger partial charge is 0.395 e. The first-order valence-corrected chi connectivity index (χ1v) is 14.6. The number of nitrogens with zero attached hydrogens (tertiary/aromatic N) is 1. The molecule has 2 amide bonds. The molecule has 3 aromatic carbocycles. The Morgan fingerprint density at radius 2 is 1.79 bits per heavy atom. The summed E-state index contributed by atoms with van der Waals surface area (Å²) in [7, 11) is 0. The van der Waals surface area contributed by atoms with E-state index < -0.39 is 0 Å². The minimum absolute atomic E-state index is 0.0105. The minimum atomic E-state index is -0.191. The zero-order valence-corrected chi connectivity index (χ0v) is 23.6. The van der Waals surface area contributed by atoms with Gasteiger partial charge in [-0.15, -0.1) is 0 Å². The van der Waals surface area contributed by atoms with Crippen molar-refractivity contribution in [2.45, 2.75) is 71.1 Å². The normalized spacial score (nSPS) is 26.1. The summed E-state index contributed by atoms with van der Waals surface area (Å²) in [5, 5.41) is 14.1. The predicted octanol–water partition coefficient (Wildman–Crippen LogP) is 6.67. The molecule has 2 aliphatic carbocycles. The molecular formula is C34H40N2O3. The summed E-state index contributed by atoms with van der Waals surface area (Å²) < 4.78 is 0. The molecule has 1 fully saturated rings. The van der Waals surface area contributed by atoms with Crippen molar-refractivity contribution in [3.05, 3.63) is 76.3 Å². The fraction of sp³-hybridized carbons (Fsp3) is 0.471. The Hall–Kier alpha value is -3.18. The lowest BCUT2D eigenvalue weighted by molar-refractivity contribution is 0.000256. The van der Waals surface area contributed by atoms with E-state index in [-0.39, 0.29) is 29.3 Å². The molecule has 1 saturated carbocycles. The molecule has 6 rings (SSSR count). The van der Waals surface area contributed by atoms with Gasteiger partial charge in [0.1, 0.15) is 0 Å². The molecule has 3 aromatic rings. The summed E-state index contributed by atoms with van der Waals surface area (Å²) in [4.78, 5) is 29.4. The Bertz CT molecular complexity index is 1450. The van der Waals surface area contributed by atoms with Crippen molar-refractivity contribution >= 4 is 28.3 Å². The molecule has 1 aliphatic heterocycles. The van der Waals surface area contributed by atoms with Crippen LogP contribution in [0, 0.1) is 11.3 Å². The third-order valence-electron chi connectivity index (χ3n) is 10.1. The number of aryl methyl sites for hydroxylation is 1. The van der Waals surface area contributed by atoms with Gasteiger partial charge in [-0.1, -0.05) is 64.4 Å². The number of aliphatic hydroxyl groups is 1. The summed E-state index contributed by atoms with van der Waals surface area (Å²) in [6, 6.07) is 16.5. The van der Waals surface area contributed by atoms with Gasteiger partial charge < -0.3 is 10.4 Å². The molecule has 1 unspecified atom stereocenters. The maximum absolute atomic E-state index is 13.9. The second kappa shape index (κ2) is 9.48. The Kier molecular flexibility index (Phi) is 6.33. The minimum Gasteiger partial charge on any atom is -0.395 e. The summed E-state index contributed by atoms with van der Waals surface area (Å²) in [5.74, 6) is 0.536. The van der Waals surface area contributed by atoms with Crippen LogP contribution in [0.5, 0.6) is 0 Å². The zero-order valence-electron chi connectivity index (χ0n) is 23.6. The molecule has 204 valence electrons. The molecule has 39 heavy (non-hydrogen) atoms. The first-order chi connectivity index (χ1) is 18.7. The molecule has 1 heterocycles. The lowest BCUT2D eigenvalue weighted by Gasteiger charge is -2.56. The number of benzene rings is 3. The van der Waals surface area contributed by atoms with E-state index in [9.17, 15) is 14.7 Å². The SMILES string of the molecule is CC(C)c1ccc2c(c1)CCC1[C@@](C)(CN3C(=O)c4cccc5c(NCCO)ccc(c45)C3=O)CCC[C@]21C. The van der Waals surface area contributed by atoms with E-state index >= 15 is 0 Å². The maximum Gasteiger partial charge on any atom is 0.261 e. The van der Waals surface area contributed by atoms with Crippen LogP contribution in [-0.2, 0) is 11.8 Å². The number of rotatable bonds is 6. The lowest BCUT2D eigenvalue weighted by atomic mass is 9.49. The van der Waals surface area contributed by atoms with Gasteiger partial charge in [0.25, 0.3) is 11.8 Å². The third-order valence-corrected chi connectivity index (χ3v) is 10.1. The molecule has 5 heteroatoms. The molecule has 3 aliphatic rings. The van der Waals surface area contributed by atoms with Gasteiger partial charge in [0.2, 0.25) is 0 Å². The summed E-state index contributed by atoms with van der Waals surface area (Å²) in [6.07, 6.45) is 5.40. The zero-order chi connectivity index (χ0) is 27.5. The van der Waals surface area contributed by atoms with E-state index in [1.165, 1.54) is 16.7 Å². The van der Waals surface area contributed by atoms with E-state index in [2.05, 4.69) is 51.2 Å². The van der Waals surface area contributed by atoms with Gasteiger partial charge in [0.15, 0.2) is 0 Å². The quantitative estimate of drug-likeness (QED) is 0.353.